The summed E-state index contributed by atoms with van der Waals surface area (Å²) in [6.45, 7) is 8.57. The molecule has 0 heterocycles. The maximum absolute atomic E-state index is 5.67. The van der Waals surface area contributed by atoms with Crippen LogP contribution in [0.1, 0.15) is 32.8 Å². The van der Waals surface area contributed by atoms with E-state index >= 15 is 0 Å². The Bertz CT molecular complexity index is 341. The molecule has 0 amide bonds. The molecule has 2 N–H and O–H groups in total. The zero-order chi connectivity index (χ0) is 13.6. The molecule has 0 saturated carbocycles. The monoisotopic (exact) mass is 250 g/mol. The molecule has 0 saturated heterocycles. The molecule has 0 aromatic heterocycles. The number of benzene rings is 1. The molecule has 0 bridgehead atoms. The van der Waals surface area contributed by atoms with Crippen LogP contribution in [-0.4, -0.2) is 25.3 Å². The molecule has 1 aromatic rings. The normalized spacial score (nSPS) is 12.1. The van der Waals surface area contributed by atoms with Crippen LogP contribution in [0.25, 0.3) is 0 Å². The molecule has 0 unspecified atom stereocenters. The fourth-order valence-corrected chi connectivity index (χ4v) is 1.91. The molecule has 0 aliphatic carbocycles. The zero-order valence-electron chi connectivity index (χ0n) is 12.1. The second-order valence-corrected chi connectivity index (χ2v) is 5.95. The maximum atomic E-state index is 5.67. The molecule has 0 fully saturated rings. The Labute approximate surface area is 111 Å². The fourth-order valence-electron chi connectivity index (χ4n) is 1.91. The van der Waals surface area contributed by atoms with E-state index < -0.39 is 0 Å². The van der Waals surface area contributed by atoms with Crippen LogP contribution in [-0.2, 0) is 11.3 Å². The van der Waals surface area contributed by atoms with E-state index in [4.69, 9.17) is 10.6 Å². The van der Waals surface area contributed by atoms with E-state index in [9.17, 15) is 0 Å². The molecule has 3 heteroatoms. The highest BCUT2D eigenvalue weighted by molar-refractivity contribution is 5.39. The largest absolute Gasteiger partial charge is 0.399 e. The Morgan fingerprint density at radius 1 is 1.17 bits per heavy atom. The minimum absolute atomic E-state index is 0.261. The summed E-state index contributed by atoms with van der Waals surface area (Å²) < 4.78 is 0. The van der Waals surface area contributed by atoms with E-state index in [2.05, 4.69) is 32.9 Å². The molecule has 0 radical (unpaired) electrons. The van der Waals surface area contributed by atoms with Crippen LogP contribution < -0.4 is 5.73 Å². The van der Waals surface area contributed by atoms with Gasteiger partial charge >= 0.3 is 0 Å². The summed E-state index contributed by atoms with van der Waals surface area (Å²) in [7, 11) is 1.74. The lowest BCUT2D eigenvalue weighted by Crippen LogP contribution is -2.32. The molecule has 1 aromatic carbocycles. The fraction of sp³-hybridized carbons (Fsp3) is 0.600. The van der Waals surface area contributed by atoms with Gasteiger partial charge in [-0.1, -0.05) is 32.9 Å². The van der Waals surface area contributed by atoms with Gasteiger partial charge in [0.1, 0.15) is 0 Å². The number of aryl methyl sites for hydroxylation is 1. The first kappa shape index (κ1) is 15.0. The van der Waals surface area contributed by atoms with Gasteiger partial charge in [0.2, 0.25) is 0 Å². The van der Waals surface area contributed by atoms with Crippen molar-refractivity contribution in [3.05, 3.63) is 29.8 Å². The molecule has 3 nitrogen and oxygen atoms in total. The minimum Gasteiger partial charge on any atom is -0.399 e. The highest BCUT2D eigenvalue weighted by Gasteiger charge is 2.15. The number of nitrogens with two attached hydrogens (primary N) is 1. The first-order valence-electron chi connectivity index (χ1n) is 6.54. The summed E-state index contributed by atoms with van der Waals surface area (Å²) in [5, 5.41) is 2.04. The number of hydrogen-bond donors (Lipinski definition) is 1. The molecule has 1 rings (SSSR count). The molecular formula is C15H26N2O. The summed E-state index contributed by atoms with van der Waals surface area (Å²) in [4.78, 5) is 5.40. The number of nitrogens with zero attached hydrogens (tertiary/aromatic N) is 1. The Balaban J connectivity index is 2.33. The van der Waals surface area contributed by atoms with Gasteiger partial charge in [0.25, 0.3) is 0 Å². The molecule has 18 heavy (non-hydrogen) atoms. The third-order valence-electron chi connectivity index (χ3n) is 2.76. The van der Waals surface area contributed by atoms with Gasteiger partial charge in [-0.3, -0.25) is 0 Å². The van der Waals surface area contributed by atoms with Crippen LogP contribution in [0.3, 0.4) is 0 Å². The van der Waals surface area contributed by atoms with Crippen LogP contribution in [0, 0.1) is 5.41 Å². The van der Waals surface area contributed by atoms with Gasteiger partial charge in [-0.2, -0.15) is 5.06 Å². The lowest BCUT2D eigenvalue weighted by Gasteiger charge is -2.27. The highest BCUT2D eigenvalue weighted by atomic mass is 16.7. The van der Waals surface area contributed by atoms with Gasteiger partial charge in [-0.05, 0) is 36.0 Å². The van der Waals surface area contributed by atoms with Crippen LogP contribution in [0.4, 0.5) is 5.69 Å². The third kappa shape index (κ3) is 6.03. The molecule has 0 spiro atoms. The Hall–Kier alpha value is -1.06. The van der Waals surface area contributed by atoms with Crippen molar-refractivity contribution in [3.8, 4) is 0 Å². The summed E-state index contributed by atoms with van der Waals surface area (Å²) in [6.07, 6.45) is 2.15. The van der Waals surface area contributed by atoms with Gasteiger partial charge in [0, 0.05) is 18.8 Å². The SMILES string of the molecule is CON(CCCc1ccc(N)cc1)CC(C)(C)C. The molecule has 102 valence electrons. The summed E-state index contributed by atoms with van der Waals surface area (Å²) >= 11 is 0. The van der Waals surface area contributed by atoms with E-state index in [1.54, 1.807) is 7.11 Å². The van der Waals surface area contributed by atoms with Gasteiger partial charge in [-0.15, -0.1) is 0 Å². The predicted octanol–water partition coefficient (Wildman–Crippen LogP) is 3.11. The van der Waals surface area contributed by atoms with Crippen molar-refractivity contribution in [1.29, 1.82) is 0 Å². The summed E-state index contributed by atoms with van der Waals surface area (Å²) in [5.74, 6) is 0. The van der Waals surface area contributed by atoms with E-state index in [1.165, 1.54) is 5.56 Å². The van der Waals surface area contributed by atoms with Crippen LogP contribution in [0.15, 0.2) is 24.3 Å². The predicted molar refractivity (Wildman–Crippen MR) is 77.2 cm³/mol. The van der Waals surface area contributed by atoms with Crippen LogP contribution >= 0.6 is 0 Å². The number of rotatable bonds is 6. The van der Waals surface area contributed by atoms with Crippen molar-refractivity contribution < 1.29 is 4.84 Å². The van der Waals surface area contributed by atoms with Gasteiger partial charge < -0.3 is 10.6 Å². The lowest BCUT2D eigenvalue weighted by atomic mass is 9.97. The zero-order valence-corrected chi connectivity index (χ0v) is 12.1. The molecule has 0 aliphatic rings. The van der Waals surface area contributed by atoms with E-state index in [0.717, 1.165) is 31.6 Å². The molecular weight excluding hydrogens is 224 g/mol. The first-order valence-corrected chi connectivity index (χ1v) is 6.54. The van der Waals surface area contributed by atoms with Crippen molar-refractivity contribution in [2.75, 3.05) is 25.9 Å². The van der Waals surface area contributed by atoms with Crippen LogP contribution in [0.2, 0.25) is 0 Å². The summed E-state index contributed by atoms with van der Waals surface area (Å²) in [5.41, 5.74) is 8.08. The minimum atomic E-state index is 0.261. The van der Waals surface area contributed by atoms with Gasteiger partial charge in [-0.25, -0.2) is 0 Å². The molecule has 0 aliphatic heterocycles. The van der Waals surface area contributed by atoms with Gasteiger partial charge in [0.15, 0.2) is 0 Å². The Morgan fingerprint density at radius 3 is 2.28 bits per heavy atom. The number of hydrogen-bond acceptors (Lipinski definition) is 3. The Morgan fingerprint density at radius 2 is 1.78 bits per heavy atom. The van der Waals surface area contributed by atoms with Crippen LogP contribution in [0.5, 0.6) is 0 Å². The summed E-state index contributed by atoms with van der Waals surface area (Å²) in [6, 6.07) is 8.10. The van der Waals surface area contributed by atoms with Crippen molar-refractivity contribution >= 4 is 5.69 Å². The molecule has 0 atom stereocenters. The third-order valence-corrected chi connectivity index (χ3v) is 2.76. The van der Waals surface area contributed by atoms with E-state index in [-0.39, 0.29) is 5.41 Å². The first-order chi connectivity index (χ1) is 8.40. The van der Waals surface area contributed by atoms with Crippen molar-refractivity contribution in [2.24, 2.45) is 5.41 Å². The van der Waals surface area contributed by atoms with Crippen molar-refractivity contribution in [2.45, 2.75) is 33.6 Å². The highest BCUT2D eigenvalue weighted by Crippen LogP contribution is 2.16. The van der Waals surface area contributed by atoms with E-state index in [1.807, 2.05) is 17.2 Å². The number of anilines is 1. The lowest BCUT2D eigenvalue weighted by molar-refractivity contribution is -0.147. The second-order valence-electron chi connectivity index (χ2n) is 5.95. The van der Waals surface area contributed by atoms with Crippen molar-refractivity contribution in [1.82, 2.24) is 5.06 Å². The topological polar surface area (TPSA) is 38.5 Å². The Kier molecular flexibility index (Phi) is 5.63. The average Bonchev–Trinajstić information content (AvgIpc) is 2.29. The smallest absolute Gasteiger partial charge is 0.0575 e. The second kappa shape index (κ2) is 6.76. The van der Waals surface area contributed by atoms with Crippen molar-refractivity contribution in [3.63, 3.8) is 0 Å². The number of nitrogen functional groups attached to an aromatic ring is 1. The maximum Gasteiger partial charge on any atom is 0.0575 e. The number of hydroxylamine groups is 2. The van der Waals surface area contributed by atoms with E-state index in [0.29, 0.717) is 0 Å². The van der Waals surface area contributed by atoms with Gasteiger partial charge in [0.05, 0.1) is 7.11 Å². The average molecular weight is 250 g/mol. The standard InChI is InChI=1S/C15H26N2O/c1-15(2,3)12-17(18-4)11-5-6-13-7-9-14(16)10-8-13/h7-10H,5-6,11-12,16H2,1-4H3. The quantitative estimate of drug-likeness (QED) is 0.623.